The Balaban J connectivity index is 1.21. The number of amides is 1. The van der Waals surface area contributed by atoms with Crippen LogP contribution >= 0.6 is 0 Å². The first kappa shape index (κ1) is 17.7. The van der Waals surface area contributed by atoms with Crippen molar-refractivity contribution in [1.29, 1.82) is 0 Å². The second kappa shape index (κ2) is 8.35. The largest absolute Gasteiger partial charge is 0.349 e. The molecule has 2 heterocycles. The lowest BCUT2D eigenvalue weighted by atomic mass is 9.90. The lowest BCUT2D eigenvalue weighted by molar-refractivity contribution is 0.0940. The summed E-state index contributed by atoms with van der Waals surface area (Å²) in [6.07, 6.45) is 3.64. The zero-order valence-corrected chi connectivity index (χ0v) is 15.5. The topological polar surface area (TPSA) is 61.0 Å². The van der Waals surface area contributed by atoms with E-state index in [2.05, 4.69) is 50.7 Å². The highest BCUT2D eigenvalue weighted by atomic mass is 16.1. The molecule has 1 amide bonds. The molecule has 140 valence electrons. The van der Waals surface area contributed by atoms with Crippen molar-refractivity contribution < 1.29 is 4.79 Å². The fourth-order valence-electron chi connectivity index (χ4n) is 3.91. The van der Waals surface area contributed by atoms with Crippen molar-refractivity contribution >= 4 is 16.8 Å². The number of nitrogens with one attached hydrogen (secondary N) is 2. The average molecular weight is 362 g/mol. The van der Waals surface area contributed by atoms with Crippen molar-refractivity contribution in [1.82, 2.24) is 20.4 Å². The molecular formula is C22H26N4O. The summed E-state index contributed by atoms with van der Waals surface area (Å²) in [4.78, 5) is 14.9. The Kier molecular flexibility index (Phi) is 5.49. The fourth-order valence-corrected chi connectivity index (χ4v) is 3.91. The minimum atomic E-state index is -0.105. The number of rotatable bonds is 6. The number of aromatic amines is 1. The summed E-state index contributed by atoms with van der Waals surface area (Å²) < 4.78 is 0. The Morgan fingerprint density at radius 1 is 1.07 bits per heavy atom. The molecule has 1 aromatic heterocycles. The van der Waals surface area contributed by atoms with Crippen molar-refractivity contribution in [2.24, 2.45) is 5.92 Å². The molecule has 0 unspecified atom stereocenters. The number of likely N-dealkylation sites (tertiary alicyclic amines) is 1. The van der Waals surface area contributed by atoms with E-state index in [0.717, 1.165) is 36.5 Å². The molecule has 3 aromatic rings. The van der Waals surface area contributed by atoms with Crippen molar-refractivity contribution in [3.05, 3.63) is 65.9 Å². The van der Waals surface area contributed by atoms with Gasteiger partial charge in [-0.3, -0.25) is 9.89 Å². The summed E-state index contributed by atoms with van der Waals surface area (Å²) in [6.45, 7) is 3.77. The number of carbonyl (C=O) groups is 1. The first-order chi connectivity index (χ1) is 13.3. The van der Waals surface area contributed by atoms with Gasteiger partial charge in [0.05, 0.1) is 5.52 Å². The van der Waals surface area contributed by atoms with Gasteiger partial charge in [-0.1, -0.05) is 48.5 Å². The molecule has 27 heavy (non-hydrogen) atoms. The van der Waals surface area contributed by atoms with E-state index < -0.39 is 0 Å². The number of piperidine rings is 1. The predicted octanol–water partition coefficient (Wildman–Crippen LogP) is 3.25. The molecule has 1 aliphatic rings. The van der Waals surface area contributed by atoms with E-state index in [1.54, 1.807) is 0 Å². The smallest absolute Gasteiger partial charge is 0.272 e. The van der Waals surface area contributed by atoms with E-state index in [-0.39, 0.29) is 5.91 Å². The molecule has 0 saturated carbocycles. The summed E-state index contributed by atoms with van der Waals surface area (Å²) in [5, 5.41) is 11.0. The molecule has 2 N–H and O–H groups in total. The Bertz CT molecular complexity index is 881. The van der Waals surface area contributed by atoms with Gasteiger partial charge in [-0.25, -0.2) is 0 Å². The number of benzene rings is 2. The van der Waals surface area contributed by atoms with Crippen LogP contribution in [0.25, 0.3) is 10.9 Å². The molecule has 4 rings (SSSR count). The van der Waals surface area contributed by atoms with Crippen LogP contribution in [0.1, 0.15) is 28.9 Å². The van der Waals surface area contributed by atoms with Gasteiger partial charge in [-0.05, 0) is 49.9 Å². The maximum absolute atomic E-state index is 12.4. The molecule has 0 spiro atoms. The molecule has 0 aliphatic carbocycles. The van der Waals surface area contributed by atoms with Crippen LogP contribution in [0.4, 0.5) is 0 Å². The molecular weight excluding hydrogens is 336 g/mol. The van der Waals surface area contributed by atoms with Gasteiger partial charge in [0.15, 0.2) is 5.69 Å². The number of para-hydroxylation sites is 1. The van der Waals surface area contributed by atoms with Crippen LogP contribution in [0, 0.1) is 5.92 Å². The minimum absolute atomic E-state index is 0.105. The van der Waals surface area contributed by atoms with E-state index >= 15 is 0 Å². The first-order valence-corrected chi connectivity index (χ1v) is 9.77. The molecule has 0 bridgehead atoms. The van der Waals surface area contributed by atoms with Crippen LogP contribution in [0.5, 0.6) is 0 Å². The van der Waals surface area contributed by atoms with Gasteiger partial charge in [-0.2, -0.15) is 5.10 Å². The number of hydrogen-bond acceptors (Lipinski definition) is 3. The third-order valence-electron chi connectivity index (χ3n) is 5.47. The molecule has 5 heteroatoms. The quantitative estimate of drug-likeness (QED) is 0.708. The Hall–Kier alpha value is -2.66. The number of nitrogens with zero attached hydrogens (tertiary/aromatic N) is 2. The van der Waals surface area contributed by atoms with Crippen molar-refractivity contribution in [3.63, 3.8) is 0 Å². The van der Waals surface area contributed by atoms with Crippen LogP contribution in [-0.4, -0.2) is 47.2 Å². The highest BCUT2D eigenvalue weighted by Crippen LogP contribution is 2.21. The maximum atomic E-state index is 12.4. The number of aromatic nitrogens is 2. The van der Waals surface area contributed by atoms with Crippen molar-refractivity contribution in [2.45, 2.75) is 19.3 Å². The SMILES string of the molecule is O=C(NCCN1CCC(Cc2ccccc2)CC1)c1n[nH]c2ccccc12. The van der Waals surface area contributed by atoms with Crippen LogP contribution in [0.3, 0.4) is 0 Å². The zero-order valence-electron chi connectivity index (χ0n) is 15.5. The Morgan fingerprint density at radius 2 is 1.81 bits per heavy atom. The van der Waals surface area contributed by atoms with E-state index in [1.165, 1.54) is 24.8 Å². The zero-order chi connectivity index (χ0) is 18.5. The summed E-state index contributed by atoms with van der Waals surface area (Å²) in [7, 11) is 0. The molecule has 5 nitrogen and oxygen atoms in total. The van der Waals surface area contributed by atoms with Gasteiger partial charge in [0.1, 0.15) is 0 Å². The number of H-pyrrole nitrogens is 1. The van der Waals surface area contributed by atoms with Gasteiger partial charge >= 0.3 is 0 Å². The van der Waals surface area contributed by atoms with Gasteiger partial charge in [0.2, 0.25) is 0 Å². The van der Waals surface area contributed by atoms with Gasteiger partial charge in [0, 0.05) is 18.5 Å². The molecule has 0 radical (unpaired) electrons. The van der Waals surface area contributed by atoms with E-state index in [1.807, 2.05) is 24.3 Å². The standard InChI is InChI=1S/C22H26N4O/c27-22(21-19-8-4-5-9-20(19)24-25-21)23-12-15-26-13-10-18(11-14-26)16-17-6-2-1-3-7-17/h1-9,18H,10-16H2,(H,23,27)(H,24,25). The van der Waals surface area contributed by atoms with Crippen LogP contribution in [-0.2, 0) is 6.42 Å². The fraction of sp³-hybridized carbons (Fsp3) is 0.364. The second-order valence-electron chi connectivity index (χ2n) is 7.35. The number of fused-ring (bicyclic) bond motifs is 1. The van der Waals surface area contributed by atoms with Crippen LogP contribution < -0.4 is 5.32 Å². The lowest BCUT2D eigenvalue weighted by Gasteiger charge is -2.32. The molecule has 0 atom stereocenters. The Labute approximate surface area is 159 Å². The minimum Gasteiger partial charge on any atom is -0.349 e. The molecule has 1 fully saturated rings. The summed E-state index contributed by atoms with van der Waals surface area (Å²) in [5.41, 5.74) is 2.81. The van der Waals surface area contributed by atoms with Gasteiger partial charge in [-0.15, -0.1) is 0 Å². The predicted molar refractivity (Wildman–Crippen MR) is 108 cm³/mol. The number of hydrogen-bond donors (Lipinski definition) is 2. The number of carbonyl (C=O) groups excluding carboxylic acids is 1. The van der Waals surface area contributed by atoms with Gasteiger partial charge in [0.25, 0.3) is 5.91 Å². The van der Waals surface area contributed by atoms with E-state index in [0.29, 0.717) is 12.2 Å². The lowest BCUT2D eigenvalue weighted by Crippen LogP contribution is -2.40. The van der Waals surface area contributed by atoms with Crippen molar-refractivity contribution in [3.8, 4) is 0 Å². The summed E-state index contributed by atoms with van der Waals surface area (Å²) >= 11 is 0. The third kappa shape index (κ3) is 4.37. The molecule has 1 aliphatic heterocycles. The average Bonchev–Trinajstić information content (AvgIpc) is 3.14. The van der Waals surface area contributed by atoms with E-state index in [4.69, 9.17) is 0 Å². The summed E-state index contributed by atoms with van der Waals surface area (Å²) in [5.74, 6) is 0.667. The van der Waals surface area contributed by atoms with Crippen LogP contribution in [0.15, 0.2) is 54.6 Å². The van der Waals surface area contributed by atoms with Gasteiger partial charge < -0.3 is 10.2 Å². The molecule has 2 aromatic carbocycles. The third-order valence-corrected chi connectivity index (χ3v) is 5.47. The van der Waals surface area contributed by atoms with E-state index in [9.17, 15) is 4.79 Å². The molecule has 1 saturated heterocycles. The van der Waals surface area contributed by atoms with Crippen molar-refractivity contribution in [2.75, 3.05) is 26.2 Å². The maximum Gasteiger partial charge on any atom is 0.272 e. The first-order valence-electron chi connectivity index (χ1n) is 9.77. The monoisotopic (exact) mass is 362 g/mol. The Morgan fingerprint density at radius 3 is 2.63 bits per heavy atom. The highest BCUT2D eigenvalue weighted by Gasteiger charge is 2.20. The second-order valence-corrected chi connectivity index (χ2v) is 7.35. The normalized spacial score (nSPS) is 15.9. The van der Waals surface area contributed by atoms with Crippen LogP contribution in [0.2, 0.25) is 0 Å². The summed E-state index contributed by atoms with van der Waals surface area (Å²) in [6, 6.07) is 18.5. The highest BCUT2D eigenvalue weighted by molar-refractivity contribution is 6.04.